The molecule has 0 saturated heterocycles. The number of amides is 1. The van der Waals surface area contributed by atoms with E-state index in [1.807, 2.05) is 54.6 Å². The molecule has 0 atom stereocenters. The van der Waals surface area contributed by atoms with Gasteiger partial charge in [0, 0.05) is 22.7 Å². The Balaban J connectivity index is 1.26. The number of ether oxygens (including phenoxy) is 2. The molecule has 1 amide bonds. The van der Waals surface area contributed by atoms with E-state index in [-0.39, 0.29) is 12.7 Å². The van der Waals surface area contributed by atoms with Gasteiger partial charge in [-0.05, 0) is 59.0 Å². The van der Waals surface area contributed by atoms with Crippen molar-refractivity contribution in [1.29, 1.82) is 0 Å². The molecule has 1 heterocycles. The molecule has 164 valence electrons. The largest absolute Gasteiger partial charge is 0.454 e. The highest BCUT2D eigenvalue weighted by Crippen LogP contribution is 2.33. The average molecular weight is 456 g/mol. The van der Waals surface area contributed by atoms with E-state index in [2.05, 4.69) is 29.6 Å². The highest BCUT2D eigenvalue weighted by molar-refractivity contribution is 6.33. The molecule has 1 aliphatic rings. The van der Waals surface area contributed by atoms with Gasteiger partial charge in [0.25, 0.3) is 5.91 Å². The maximum absolute atomic E-state index is 12.8. The molecule has 0 bridgehead atoms. The van der Waals surface area contributed by atoms with E-state index >= 15 is 0 Å². The third-order valence-corrected chi connectivity index (χ3v) is 6.00. The number of hydrogen-bond acceptors (Lipinski definition) is 3. The number of fused-ring (bicyclic) bond motifs is 1. The van der Waals surface area contributed by atoms with Crippen molar-refractivity contribution in [1.82, 2.24) is 5.32 Å². The molecule has 1 aliphatic heterocycles. The van der Waals surface area contributed by atoms with Gasteiger partial charge >= 0.3 is 0 Å². The molecule has 5 heteroatoms. The van der Waals surface area contributed by atoms with Gasteiger partial charge in [0.2, 0.25) is 6.79 Å². The van der Waals surface area contributed by atoms with Crippen LogP contribution in [0, 0.1) is 0 Å². The molecule has 0 aliphatic carbocycles. The third kappa shape index (κ3) is 4.71. The second kappa shape index (κ2) is 9.39. The first kappa shape index (κ1) is 21.1. The van der Waals surface area contributed by atoms with Crippen LogP contribution in [0.5, 0.6) is 11.5 Å². The number of hydrogen-bond donors (Lipinski definition) is 1. The van der Waals surface area contributed by atoms with Gasteiger partial charge in [0.05, 0.1) is 0 Å². The number of benzene rings is 4. The zero-order valence-corrected chi connectivity index (χ0v) is 18.6. The summed E-state index contributed by atoms with van der Waals surface area (Å²) in [7, 11) is 0. The minimum Gasteiger partial charge on any atom is -0.454 e. The molecule has 0 saturated carbocycles. The van der Waals surface area contributed by atoms with Gasteiger partial charge in [0.1, 0.15) is 0 Å². The zero-order valence-electron chi connectivity index (χ0n) is 17.9. The molecule has 4 aromatic rings. The van der Waals surface area contributed by atoms with Crippen molar-refractivity contribution >= 4 is 17.5 Å². The fourth-order valence-electron chi connectivity index (χ4n) is 3.88. The molecular formula is C28H22ClNO3. The van der Waals surface area contributed by atoms with Crippen LogP contribution in [0.1, 0.15) is 15.9 Å². The number of carbonyl (C=O) groups excluding carboxylic acids is 1. The predicted octanol–water partition coefficient (Wildman–Crippen LogP) is 6.38. The van der Waals surface area contributed by atoms with Crippen LogP contribution in [0.3, 0.4) is 0 Å². The van der Waals surface area contributed by atoms with Gasteiger partial charge in [-0.1, -0.05) is 72.3 Å². The summed E-state index contributed by atoms with van der Waals surface area (Å²) in [6.07, 6.45) is 0.698. The van der Waals surface area contributed by atoms with Crippen LogP contribution < -0.4 is 14.8 Å². The van der Waals surface area contributed by atoms with Crippen LogP contribution in [0.4, 0.5) is 0 Å². The summed E-state index contributed by atoms with van der Waals surface area (Å²) in [5.41, 5.74) is 5.75. The normalized spacial score (nSPS) is 11.9. The predicted molar refractivity (Wildman–Crippen MR) is 131 cm³/mol. The molecule has 33 heavy (non-hydrogen) atoms. The molecule has 0 aromatic heterocycles. The summed E-state index contributed by atoms with van der Waals surface area (Å²) in [5.74, 6) is 1.38. The Hall–Kier alpha value is -3.76. The first-order chi connectivity index (χ1) is 16.2. The lowest BCUT2D eigenvalue weighted by Crippen LogP contribution is -2.25. The number of nitrogens with one attached hydrogen (secondary N) is 1. The Morgan fingerprint density at radius 2 is 1.52 bits per heavy atom. The van der Waals surface area contributed by atoms with Crippen molar-refractivity contribution < 1.29 is 14.3 Å². The van der Waals surface area contributed by atoms with Crippen molar-refractivity contribution in [3.05, 3.63) is 107 Å². The van der Waals surface area contributed by atoms with E-state index in [1.54, 1.807) is 12.1 Å². The van der Waals surface area contributed by atoms with Gasteiger partial charge in [-0.25, -0.2) is 0 Å². The summed E-state index contributed by atoms with van der Waals surface area (Å²) in [4.78, 5) is 12.8. The molecule has 1 N–H and O–H groups in total. The van der Waals surface area contributed by atoms with Gasteiger partial charge < -0.3 is 14.8 Å². The van der Waals surface area contributed by atoms with E-state index in [9.17, 15) is 4.79 Å². The highest BCUT2D eigenvalue weighted by Gasteiger charge is 2.14. The lowest BCUT2D eigenvalue weighted by atomic mass is 9.99. The lowest BCUT2D eigenvalue weighted by Gasteiger charge is -2.10. The summed E-state index contributed by atoms with van der Waals surface area (Å²) < 4.78 is 10.8. The van der Waals surface area contributed by atoms with Gasteiger partial charge in [-0.3, -0.25) is 4.79 Å². The molecule has 5 rings (SSSR count). The van der Waals surface area contributed by atoms with Crippen LogP contribution in [0.25, 0.3) is 22.3 Å². The Bertz CT molecular complexity index is 1290. The van der Waals surface area contributed by atoms with Gasteiger partial charge in [0.15, 0.2) is 11.5 Å². The molecule has 0 radical (unpaired) electrons. The van der Waals surface area contributed by atoms with Crippen molar-refractivity contribution in [2.45, 2.75) is 6.42 Å². The SMILES string of the molecule is O=C(NCCc1ccc2c(c1)OCO2)c1ccc(Cl)c(-c2ccc(-c3ccccc3)cc2)c1. The summed E-state index contributed by atoms with van der Waals surface area (Å²) in [5, 5.41) is 3.60. The maximum Gasteiger partial charge on any atom is 0.251 e. The Morgan fingerprint density at radius 1 is 0.788 bits per heavy atom. The van der Waals surface area contributed by atoms with Crippen LogP contribution >= 0.6 is 11.6 Å². The first-order valence-corrected chi connectivity index (χ1v) is 11.2. The van der Waals surface area contributed by atoms with Crippen LogP contribution in [-0.4, -0.2) is 19.2 Å². The summed E-state index contributed by atoms with van der Waals surface area (Å²) in [6.45, 7) is 0.769. The topological polar surface area (TPSA) is 47.6 Å². The second-order valence-corrected chi connectivity index (χ2v) is 8.24. The molecule has 0 fully saturated rings. The highest BCUT2D eigenvalue weighted by atomic mass is 35.5. The van der Waals surface area contributed by atoms with E-state index in [1.165, 1.54) is 0 Å². The molecule has 0 unspecified atom stereocenters. The van der Waals surface area contributed by atoms with Gasteiger partial charge in [-0.2, -0.15) is 0 Å². The van der Waals surface area contributed by atoms with Crippen molar-refractivity contribution in [3.8, 4) is 33.8 Å². The fraction of sp³-hybridized carbons (Fsp3) is 0.107. The number of rotatable bonds is 6. The molecule has 0 spiro atoms. The van der Waals surface area contributed by atoms with Crippen LogP contribution in [-0.2, 0) is 6.42 Å². The molecular weight excluding hydrogens is 434 g/mol. The molecule has 4 aromatic carbocycles. The summed E-state index contributed by atoms with van der Waals surface area (Å²) in [6, 6.07) is 29.6. The van der Waals surface area contributed by atoms with Crippen molar-refractivity contribution in [2.75, 3.05) is 13.3 Å². The Labute approximate surface area is 197 Å². The van der Waals surface area contributed by atoms with E-state index in [0.717, 1.165) is 39.3 Å². The van der Waals surface area contributed by atoms with Crippen LogP contribution in [0.15, 0.2) is 91.0 Å². The van der Waals surface area contributed by atoms with E-state index < -0.39 is 0 Å². The first-order valence-electron chi connectivity index (χ1n) is 10.8. The summed E-state index contributed by atoms with van der Waals surface area (Å²) >= 11 is 6.47. The third-order valence-electron chi connectivity index (χ3n) is 5.67. The number of halogens is 1. The van der Waals surface area contributed by atoms with Gasteiger partial charge in [-0.15, -0.1) is 0 Å². The van der Waals surface area contributed by atoms with Crippen molar-refractivity contribution in [2.24, 2.45) is 0 Å². The maximum atomic E-state index is 12.8. The van der Waals surface area contributed by atoms with Crippen molar-refractivity contribution in [3.63, 3.8) is 0 Å². The zero-order chi connectivity index (χ0) is 22.6. The second-order valence-electron chi connectivity index (χ2n) is 7.83. The van der Waals surface area contributed by atoms with E-state index in [4.69, 9.17) is 21.1 Å². The Kier molecular flexibility index (Phi) is 6.01. The molecule has 4 nitrogen and oxygen atoms in total. The average Bonchev–Trinajstić information content (AvgIpc) is 3.33. The Morgan fingerprint density at radius 3 is 2.33 bits per heavy atom. The minimum atomic E-state index is -0.130. The standard InChI is InChI=1S/C28H22ClNO3/c29-25-12-11-23(28(31)30-15-14-19-6-13-26-27(16-19)33-18-32-26)17-24(25)22-9-7-21(8-10-22)20-4-2-1-3-5-20/h1-13,16-17H,14-15,18H2,(H,30,31). The minimum absolute atomic E-state index is 0.130. The lowest BCUT2D eigenvalue weighted by molar-refractivity contribution is 0.0954. The van der Waals surface area contributed by atoms with E-state index in [0.29, 0.717) is 23.6 Å². The number of carbonyl (C=O) groups is 1. The van der Waals surface area contributed by atoms with Crippen LogP contribution in [0.2, 0.25) is 5.02 Å². The quantitative estimate of drug-likeness (QED) is 0.367. The monoisotopic (exact) mass is 455 g/mol. The fourth-order valence-corrected chi connectivity index (χ4v) is 4.11. The smallest absolute Gasteiger partial charge is 0.251 e.